The summed E-state index contributed by atoms with van der Waals surface area (Å²) in [4.78, 5) is 24.6. The zero-order valence-corrected chi connectivity index (χ0v) is 15.3. The molecule has 0 heterocycles. The number of carbonyl (C=O) groups excluding carboxylic acids is 2. The number of amides is 2. The summed E-state index contributed by atoms with van der Waals surface area (Å²) in [5, 5.41) is 5.73. The van der Waals surface area contributed by atoms with Gasteiger partial charge in [-0.2, -0.15) is 0 Å². The lowest BCUT2D eigenvalue weighted by Crippen LogP contribution is -2.40. The molecule has 2 aromatic rings. The first-order valence-electron chi connectivity index (χ1n) is 8.08. The molecule has 0 aliphatic rings. The predicted octanol–water partition coefficient (Wildman–Crippen LogP) is 3.78. The Balaban J connectivity index is 2.13. The summed E-state index contributed by atoms with van der Waals surface area (Å²) in [6, 6.07) is 12.1. The molecule has 2 rings (SSSR count). The zero-order chi connectivity index (χ0) is 18.6. The molecule has 132 valence electrons. The van der Waals surface area contributed by atoms with E-state index in [1.165, 1.54) is 0 Å². The van der Waals surface area contributed by atoms with Crippen molar-refractivity contribution in [1.82, 2.24) is 5.32 Å². The molecular formula is C20H24N2O3. The van der Waals surface area contributed by atoms with E-state index in [1.807, 2.05) is 45.9 Å². The Morgan fingerprint density at radius 2 is 1.48 bits per heavy atom. The molecule has 0 aliphatic carbocycles. The van der Waals surface area contributed by atoms with Crippen LogP contribution in [-0.2, 0) is 0 Å². The van der Waals surface area contributed by atoms with Crippen LogP contribution in [-0.4, -0.2) is 24.5 Å². The largest absolute Gasteiger partial charge is 0.495 e. The highest BCUT2D eigenvalue weighted by atomic mass is 16.5. The summed E-state index contributed by atoms with van der Waals surface area (Å²) in [5.74, 6) is 0.173. The van der Waals surface area contributed by atoms with Crippen molar-refractivity contribution < 1.29 is 14.3 Å². The Kier molecular flexibility index (Phi) is 5.47. The van der Waals surface area contributed by atoms with Crippen molar-refractivity contribution in [2.45, 2.75) is 33.2 Å². The number of nitrogens with one attached hydrogen (secondary N) is 2. The predicted molar refractivity (Wildman–Crippen MR) is 99.3 cm³/mol. The molecule has 0 spiro atoms. The van der Waals surface area contributed by atoms with E-state index < -0.39 is 0 Å². The average Bonchev–Trinajstić information content (AvgIpc) is 2.53. The van der Waals surface area contributed by atoms with Gasteiger partial charge in [-0.1, -0.05) is 6.07 Å². The highest BCUT2D eigenvalue weighted by molar-refractivity contribution is 6.05. The Hall–Kier alpha value is -2.82. The number of aryl methyl sites for hydroxylation is 1. The normalized spacial score (nSPS) is 10.9. The SMILES string of the molecule is COc1ccc(C)cc1NC(=O)c1ccc(C(=O)NC(C)(C)C)cc1. The third-order valence-corrected chi connectivity index (χ3v) is 3.50. The smallest absolute Gasteiger partial charge is 0.255 e. The van der Waals surface area contributed by atoms with E-state index in [1.54, 1.807) is 31.4 Å². The molecule has 2 aromatic carbocycles. The minimum atomic E-state index is -0.311. The van der Waals surface area contributed by atoms with Gasteiger partial charge in [0.1, 0.15) is 5.75 Å². The molecule has 0 fully saturated rings. The van der Waals surface area contributed by atoms with Gasteiger partial charge in [-0.3, -0.25) is 9.59 Å². The van der Waals surface area contributed by atoms with Gasteiger partial charge in [0.25, 0.3) is 11.8 Å². The van der Waals surface area contributed by atoms with Gasteiger partial charge in [0.15, 0.2) is 0 Å². The van der Waals surface area contributed by atoms with Crippen molar-refractivity contribution in [3.05, 3.63) is 59.2 Å². The first-order chi connectivity index (χ1) is 11.7. The van der Waals surface area contributed by atoms with Crippen LogP contribution in [0.2, 0.25) is 0 Å². The van der Waals surface area contributed by atoms with Crippen molar-refractivity contribution in [1.29, 1.82) is 0 Å². The van der Waals surface area contributed by atoms with Gasteiger partial charge >= 0.3 is 0 Å². The van der Waals surface area contributed by atoms with E-state index in [9.17, 15) is 9.59 Å². The van der Waals surface area contributed by atoms with Crippen LogP contribution in [0.4, 0.5) is 5.69 Å². The van der Waals surface area contributed by atoms with E-state index in [4.69, 9.17) is 4.74 Å². The van der Waals surface area contributed by atoms with E-state index in [-0.39, 0.29) is 17.4 Å². The number of hydrogen-bond donors (Lipinski definition) is 2. The van der Waals surface area contributed by atoms with Crippen LogP contribution in [0.5, 0.6) is 5.75 Å². The maximum atomic E-state index is 12.4. The van der Waals surface area contributed by atoms with Gasteiger partial charge in [-0.15, -0.1) is 0 Å². The topological polar surface area (TPSA) is 67.4 Å². The number of carbonyl (C=O) groups is 2. The maximum Gasteiger partial charge on any atom is 0.255 e. The first kappa shape index (κ1) is 18.5. The van der Waals surface area contributed by atoms with Crippen LogP contribution in [0, 0.1) is 6.92 Å². The second-order valence-electron chi connectivity index (χ2n) is 6.94. The monoisotopic (exact) mass is 340 g/mol. The van der Waals surface area contributed by atoms with Crippen LogP contribution in [0.25, 0.3) is 0 Å². The second-order valence-corrected chi connectivity index (χ2v) is 6.94. The molecule has 5 nitrogen and oxygen atoms in total. The third kappa shape index (κ3) is 5.08. The molecule has 0 unspecified atom stereocenters. The minimum absolute atomic E-state index is 0.167. The summed E-state index contributed by atoms with van der Waals surface area (Å²) in [7, 11) is 1.56. The van der Waals surface area contributed by atoms with Gasteiger partial charge in [0.2, 0.25) is 0 Å². The Morgan fingerprint density at radius 3 is 2.00 bits per heavy atom. The summed E-state index contributed by atoms with van der Waals surface area (Å²) in [6.07, 6.45) is 0. The van der Waals surface area contributed by atoms with Crippen LogP contribution in [0.1, 0.15) is 47.1 Å². The third-order valence-electron chi connectivity index (χ3n) is 3.50. The van der Waals surface area contributed by atoms with E-state index in [0.717, 1.165) is 5.56 Å². The number of rotatable bonds is 4. The van der Waals surface area contributed by atoms with Crippen LogP contribution in [0.15, 0.2) is 42.5 Å². The standard InChI is InChI=1S/C20H24N2O3/c1-13-6-11-17(25-5)16(12-13)21-18(23)14-7-9-15(10-8-14)19(24)22-20(2,3)4/h6-12H,1-5H3,(H,21,23)(H,22,24). The molecule has 5 heteroatoms. The van der Waals surface area contributed by atoms with Gasteiger partial charge in [0, 0.05) is 16.7 Å². The maximum absolute atomic E-state index is 12.4. The van der Waals surface area contributed by atoms with E-state index in [0.29, 0.717) is 22.6 Å². The summed E-state index contributed by atoms with van der Waals surface area (Å²) in [5.41, 5.74) is 2.30. The van der Waals surface area contributed by atoms with Crippen LogP contribution < -0.4 is 15.4 Å². The number of hydrogen-bond acceptors (Lipinski definition) is 3. The lowest BCUT2D eigenvalue weighted by molar-refractivity contribution is 0.0918. The molecule has 2 amide bonds. The van der Waals surface area contributed by atoms with E-state index >= 15 is 0 Å². The molecule has 0 aromatic heterocycles. The molecule has 0 aliphatic heterocycles. The number of anilines is 1. The molecule has 0 saturated heterocycles. The lowest BCUT2D eigenvalue weighted by atomic mass is 10.1. The van der Waals surface area contributed by atoms with Gasteiger partial charge in [-0.05, 0) is 69.7 Å². The molecule has 2 N–H and O–H groups in total. The number of methoxy groups -OCH3 is 1. The zero-order valence-electron chi connectivity index (χ0n) is 15.3. The van der Waals surface area contributed by atoms with Crippen molar-refractivity contribution in [3.63, 3.8) is 0 Å². The molecule has 25 heavy (non-hydrogen) atoms. The summed E-state index contributed by atoms with van der Waals surface area (Å²) < 4.78 is 5.27. The van der Waals surface area contributed by atoms with E-state index in [2.05, 4.69) is 10.6 Å². The number of ether oxygens (including phenoxy) is 1. The van der Waals surface area contributed by atoms with Crippen molar-refractivity contribution in [2.24, 2.45) is 0 Å². The van der Waals surface area contributed by atoms with Gasteiger partial charge in [-0.25, -0.2) is 0 Å². The van der Waals surface area contributed by atoms with Gasteiger partial charge in [0.05, 0.1) is 12.8 Å². The van der Waals surface area contributed by atoms with Crippen molar-refractivity contribution in [2.75, 3.05) is 12.4 Å². The Morgan fingerprint density at radius 1 is 0.920 bits per heavy atom. The quantitative estimate of drug-likeness (QED) is 0.890. The molecular weight excluding hydrogens is 316 g/mol. The van der Waals surface area contributed by atoms with Crippen LogP contribution in [0.3, 0.4) is 0 Å². The molecule has 0 bridgehead atoms. The fraction of sp³-hybridized carbons (Fsp3) is 0.300. The second kappa shape index (κ2) is 7.38. The Bertz CT molecular complexity index is 775. The highest BCUT2D eigenvalue weighted by Crippen LogP contribution is 2.25. The minimum Gasteiger partial charge on any atom is -0.495 e. The Labute approximate surface area is 148 Å². The van der Waals surface area contributed by atoms with Crippen molar-refractivity contribution >= 4 is 17.5 Å². The lowest BCUT2D eigenvalue weighted by Gasteiger charge is -2.20. The molecule has 0 saturated carbocycles. The fourth-order valence-corrected chi connectivity index (χ4v) is 2.30. The number of benzene rings is 2. The van der Waals surface area contributed by atoms with Crippen molar-refractivity contribution in [3.8, 4) is 5.75 Å². The first-order valence-corrected chi connectivity index (χ1v) is 8.08. The summed E-state index contributed by atoms with van der Waals surface area (Å²) >= 11 is 0. The highest BCUT2D eigenvalue weighted by Gasteiger charge is 2.16. The molecule has 0 radical (unpaired) electrons. The fourth-order valence-electron chi connectivity index (χ4n) is 2.30. The molecule has 0 atom stereocenters. The summed E-state index contributed by atoms with van der Waals surface area (Å²) in [6.45, 7) is 7.70. The van der Waals surface area contributed by atoms with Gasteiger partial charge < -0.3 is 15.4 Å². The van der Waals surface area contributed by atoms with Crippen LogP contribution >= 0.6 is 0 Å². The average molecular weight is 340 g/mol.